The van der Waals surface area contributed by atoms with E-state index in [0.717, 1.165) is 36.1 Å². The van der Waals surface area contributed by atoms with Crippen LogP contribution in [-0.2, 0) is 25.6 Å². The number of ether oxygens (including phenoxy) is 4. The SMILES string of the molecule is C=C(C)C(=O)Oc1ccc(-c2ccc(OC)c(F)c2)cc1.C=CC(=O)Oc1ccc(CCC)cc1OC(=O)C=C.C=O. The second-order valence-electron chi connectivity index (χ2n) is 8.33. The number of methoxy groups -OCH3 is 1. The van der Waals surface area contributed by atoms with Gasteiger partial charge in [-0.05, 0) is 66.4 Å². The second-order valence-corrected chi connectivity index (χ2v) is 8.33. The first-order valence-corrected chi connectivity index (χ1v) is 12.5. The zero-order valence-electron chi connectivity index (χ0n) is 23.8. The minimum absolute atomic E-state index is 0.181. The monoisotopic (exact) mass is 576 g/mol. The van der Waals surface area contributed by atoms with Crippen LogP contribution in [0, 0.1) is 5.82 Å². The van der Waals surface area contributed by atoms with Crippen molar-refractivity contribution in [1.82, 2.24) is 0 Å². The van der Waals surface area contributed by atoms with E-state index in [4.69, 9.17) is 23.7 Å². The Morgan fingerprint density at radius 1 is 0.786 bits per heavy atom. The van der Waals surface area contributed by atoms with Crippen molar-refractivity contribution in [3.8, 4) is 34.1 Å². The molecule has 3 aromatic carbocycles. The summed E-state index contributed by atoms with van der Waals surface area (Å²) < 4.78 is 33.7. The lowest BCUT2D eigenvalue weighted by Gasteiger charge is -2.10. The highest BCUT2D eigenvalue weighted by atomic mass is 19.1. The molecule has 0 heterocycles. The lowest BCUT2D eigenvalue weighted by atomic mass is 10.1. The van der Waals surface area contributed by atoms with Crippen molar-refractivity contribution in [2.75, 3.05) is 7.11 Å². The molecule has 0 aliphatic heterocycles. The van der Waals surface area contributed by atoms with Crippen molar-refractivity contribution in [1.29, 1.82) is 0 Å². The van der Waals surface area contributed by atoms with Crippen molar-refractivity contribution in [3.63, 3.8) is 0 Å². The molecule has 0 bridgehead atoms. The van der Waals surface area contributed by atoms with Gasteiger partial charge < -0.3 is 23.7 Å². The summed E-state index contributed by atoms with van der Waals surface area (Å²) in [7, 11) is 1.42. The molecule has 9 heteroatoms. The van der Waals surface area contributed by atoms with Crippen molar-refractivity contribution >= 4 is 24.7 Å². The largest absolute Gasteiger partial charge is 0.494 e. The van der Waals surface area contributed by atoms with E-state index in [-0.39, 0.29) is 17.2 Å². The predicted molar refractivity (Wildman–Crippen MR) is 158 cm³/mol. The molecule has 0 radical (unpaired) electrons. The molecule has 0 atom stereocenters. The molecule has 0 N–H and O–H groups in total. The third-order valence-electron chi connectivity index (χ3n) is 5.20. The molecule has 0 aliphatic carbocycles. The summed E-state index contributed by atoms with van der Waals surface area (Å²) in [6, 6.07) is 16.6. The summed E-state index contributed by atoms with van der Waals surface area (Å²) >= 11 is 0. The Balaban J connectivity index is 0.000000399. The van der Waals surface area contributed by atoms with Crippen LogP contribution in [-0.4, -0.2) is 31.8 Å². The summed E-state index contributed by atoms with van der Waals surface area (Å²) in [6.45, 7) is 15.8. The van der Waals surface area contributed by atoms with Gasteiger partial charge >= 0.3 is 17.9 Å². The molecule has 0 saturated carbocycles. The number of esters is 3. The van der Waals surface area contributed by atoms with E-state index in [1.807, 2.05) is 19.8 Å². The van der Waals surface area contributed by atoms with Gasteiger partial charge in [0.2, 0.25) is 0 Å². The first-order valence-electron chi connectivity index (χ1n) is 12.5. The summed E-state index contributed by atoms with van der Waals surface area (Å²) in [5.41, 5.74) is 2.85. The van der Waals surface area contributed by atoms with E-state index in [1.165, 1.54) is 13.2 Å². The van der Waals surface area contributed by atoms with Gasteiger partial charge in [-0.1, -0.05) is 57.3 Å². The maximum absolute atomic E-state index is 13.7. The third-order valence-corrected chi connectivity index (χ3v) is 5.20. The predicted octanol–water partition coefficient (Wildman–Crippen LogP) is 6.62. The first kappa shape index (κ1) is 34.7. The van der Waals surface area contributed by atoms with Crippen LogP contribution in [0.2, 0.25) is 0 Å². The van der Waals surface area contributed by atoms with Crippen LogP contribution < -0.4 is 18.9 Å². The van der Waals surface area contributed by atoms with Gasteiger partial charge in [-0.3, -0.25) is 0 Å². The molecule has 0 amide bonds. The van der Waals surface area contributed by atoms with E-state index in [0.29, 0.717) is 16.9 Å². The van der Waals surface area contributed by atoms with Crippen LogP contribution in [0.5, 0.6) is 23.0 Å². The Hall–Kier alpha value is -5.31. The second kappa shape index (κ2) is 18.1. The van der Waals surface area contributed by atoms with Crippen LogP contribution in [0.4, 0.5) is 4.39 Å². The quantitative estimate of drug-likeness (QED) is 0.151. The van der Waals surface area contributed by atoms with Crippen LogP contribution in [0.25, 0.3) is 11.1 Å². The lowest BCUT2D eigenvalue weighted by molar-refractivity contribution is -0.131. The molecule has 0 saturated heterocycles. The fourth-order valence-electron chi connectivity index (χ4n) is 3.22. The molecule has 0 aromatic heterocycles. The Labute approximate surface area is 244 Å². The van der Waals surface area contributed by atoms with Gasteiger partial charge in [-0.25, -0.2) is 18.8 Å². The zero-order valence-corrected chi connectivity index (χ0v) is 23.8. The zero-order chi connectivity index (χ0) is 31.7. The number of hydrogen-bond donors (Lipinski definition) is 0. The molecule has 3 aromatic rings. The smallest absolute Gasteiger partial charge is 0.338 e. The number of rotatable bonds is 10. The molecular weight excluding hydrogens is 543 g/mol. The van der Waals surface area contributed by atoms with Crippen LogP contribution in [0.15, 0.2) is 98.1 Å². The summed E-state index contributed by atoms with van der Waals surface area (Å²) in [4.78, 5) is 41.9. The standard InChI is InChI=1S/C17H15FO3.C15H16O4.CH2O/c1-11(2)17(19)21-14-7-4-12(5-8-14)13-6-9-16(20-3)15(18)10-13;1-4-7-11-8-9-12(18-14(16)5-2)13(10-11)19-15(17)6-3;1-2/h4-10H,1H2,2-3H3;5-6,8-10H,2-4,7H2,1H3;1H2. The first-order chi connectivity index (χ1) is 20.1. The molecule has 0 unspecified atom stereocenters. The number of carbonyl (C=O) groups is 4. The topological polar surface area (TPSA) is 105 Å². The van der Waals surface area contributed by atoms with Crippen molar-refractivity contribution < 1.29 is 42.5 Å². The number of aryl methyl sites for hydroxylation is 1. The molecular formula is C33H33FO8. The normalized spacial score (nSPS) is 9.43. The van der Waals surface area contributed by atoms with E-state index >= 15 is 0 Å². The van der Waals surface area contributed by atoms with Gasteiger partial charge in [-0.2, -0.15) is 0 Å². The average Bonchev–Trinajstić information content (AvgIpc) is 3.00. The van der Waals surface area contributed by atoms with Gasteiger partial charge in [0.1, 0.15) is 12.5 Å². The summed E-state index contributed by atoms with van der Waals surface area (Å²) in [5.74, 6) is -1.12. The molecule has 0 aliphatic rings. The average molecular weight is 577 g/mol. The van der Waals surface area contributed by atoms with Gasteiger partial charge in [0, 0.05) is 17.7 Å². The van der Waals surface area contributed by atoms with Crippen molar-refractivity contribution in [2.24, 2.45) is 0 Å². The highest BCUT2D eigenvalue weighted by Gasteiger charge is 2.12. The van der Waals surface area contributed by atoms with Gasteiger partial charge in [0.05, 0.1) is 7.11 Å². The van der Waals surface area contributed by atoms with Crippen molar-refractivity contribution in [3.05, 3.63) is 110 Å². The molecule has 3 rings (SSSR count). The molecule has 0 spiro atoms. The van der Waals surface area contributed by atoms with Crippen LogP contribution in [0.1, 0.15) is 25.8 Å². The van der Waals surface area contributed by atoms with E-state index < -0.39 is 23.7 Å². The van der Waals surface area contributed by atoms with Gasteiger partial charge in [-0.15, -0.1) is 0 Å². The minimum Gasteiger partial charge on any atom is -0.494 e. The lowest BCUT2D eigenvalue weighted by Crippen LogP contribution is -2.08. The molecule has 8 nitrogen and oxygen atoms in total. The third kappa shape index (κ3) is 11.1. The van der Waals surface area contributed by atoms with E-state index in [1.54, 1.807) is 55.5 Å². The van der Waals surface area contributed by atoms with Crippen molar-refractivity contribution in [2.45, 2.75) is 26.7 Å². The number of benzene rings is 3. The van der Waals surface area contributed by atoms with Crippen LogP contribution >= 0.6 is 0 Å². The maximum Gasteiger partial charge on any atom is 0.338 e. The Kier molecular flexibility index (Phi) is 15.0. The highest BCUT2D eigenvalue weighted by Crippen LogP contribution is 2.30. The molecule has 220 valence electrons. The highest BCUT2D eigenvalue weighted by molar-refractivity contribution is 5.89. The number of halogens is 1. The summed E-state index contributed by atoms with van der Waals surface area (Å²) in [6.07, 6.45) is 3.89. The fraction of sp³-hybridized carbons (Fsp3) is 0.152. The Morgan fingerprint density at radius 3 is 1.83 bits per heavy atom. The van der Waals surface area contributed by atoms with Gasteiger partial charge in [0.15, 0.2) is 23.1 Å². The Bertz CT molecular complexity index is 1410. The number of carbonyl (C=O) groups excluding carboxylic acids is 4. The minimum atomic E-state index is -0.612. The molecule has 0 fully saturated rings. The van der Waals surface area contributed by atoms with Crippen LogP contribution in [0.3, 0.4) is 0 Å². The Morgan fingerprint density at radius 2 is 1.33 bits per heavy atom. The fourth-order valence-corrected chi connectivity index (χ4v) is 3.22. The van der Waals surface area contributed by atoms with E-state index in [2.05, 4.69) is 19.7 Å². The van der Waals surface area contributed by atoms with Gasteiger partial charge in [0.25, 0.3) is 0 Å². The molecule has 42 heavy (non-hydrogen) atoms. The number of hydrogen-bond acceptors (Lipinski definition) is 8. The maximum atomic E-state index is 13.7. The van der Waals surface area contributed by atoms with E-state index in [9.17, 15) is 18.8 Å². The summed E-state index contributed by atoms with van der Waals surface area (Å²) in [5, 5.41) is 0.